The first-order chi connectivity index (χ1) is 9.47. The van der Waals surface area contributed by atoms with E-state index < -0.39 is 6.10 Å². The van der Waals surface area contributed by atoms with Gasteiger partial charge in [-0.05, 0) is 53.0 Å². The molecule has 20 heavy (non-hydrogen) atoms. The lowest BCUT2D eigenvalue weighted by Gasteiger charge is -2.19. The van der Waals surface area contributed by atoms with E-state index >= 15 is 0 Å². The molecule has 0 bridgehead atoms. The maximum Gasteiger partial charge on any atom is 0.119 e. The molecule has 0 aliphatic rings. The number of aliphatic hydroxyl groups excluding tert-OH is 1. The van der Waals surface area contributed by atoms with Crippen LogP contribution >= 0.6 is 0 Å². The Morgan fingerprint density at radius 3 is 2.50 bits per heavy atom. The zero-order chi connectivity index (χ0) is 15.0. The highest BCUT2D eigenvalue weighted by molar-refractivity contribution is 5.26. The molecule has 0 aliphatic carbocycles. The number of rotatable bonds is 9. The third-order valence-electron chi connectivity index (χ3n) is 3.17. The van der Waals surface area contributed by atoms with E-state index in [9.17, 15) is 5.11 Å². The third kappa shape index (κ3) is 7.48. The van der Waals surface area contributed by atoms with E-state index in [0.29, 0.717) is 19.2 Å². The molecular weight excluding hydrogens is 252 g/mol. The zero-order valence-corrected chi connectivity index (χ0v) is 13.1. The lowest BCUT2D eigenvalue weighted by Crippen LogP contribution is -2.37. The number of nitrogens with one attached hydrogen (secondary N) is 1. The Kier molecular flexibility index (Phi) is 7.59. The van der Waals surface area contributed by atoms with Crippen molar-refractivity contribution >= 4 is 0 Å². The minimum atomic E-state index is -0.488. The summed E-state index contributed by atoms with van der Waals surface area (Å²) in [5.41, 5.74) is 1.20. The van der Waals surface area contributed by atoms with Crippen LogP contribution in [0.15, 0.2) is 24.3 Å². The number of aryl methyl sites for hydroxylation is 1. The Morgan fingerprint density at radius 2 is 1.90 bits per heavy atom. The fourth-order valence-corrected chi connectivity index (χ4v) is 1.78. The second-order valence-electron chi connectivity index (χ2n) is 5.68. The van der Waals surface area contributed by atoms with Gasteiger partial charge in [0.25, 0.3) is 0 Å². The van der Waals surface area contributed by atoms with E-state index in [1.165, 1.54) is 5.56 Å². The van der Waals surface area contributed by atoms with Gasteiger partial charge in [-0.15, -0.1) is 0 Å². The van der Waals surface area contributed by atoms with Crippen molar-refractivity contribution < 1.29 is 9.84 Å². The van der Waals surface area contributed by atoms with Gasteiger partial charge in [-0.2, -0.15) is 0 Å². The summed E-state index contributed by atoms with van der Waals surface area (Å²) in [6.07, 6.45) is 0.580. The van der Waals surface area contributed by atoms with E-state index in [4.69, 9.17) is 4.74 Å². The monoisotopic (exact) mass is 280 g/mol. The first kappa shape index (κ1) is 17.0. The van der Waals surface area contributed by atoms with Crippen molar-refractivity contribution in [3.63, 3.8) is 0 Å². The molecule has 0 radical (unpaired) electrons. The number of hydrogen-bond donors (Lipinski definition) is 2. The molecule has 0 fully saturated rings. The average Bonchev–Trinajstić information content (AvgIpc) is 2.42. The molecule has 2 N–H and O–H groups in total. The molecule has 0 saturated carbocycles. The van der Waals surface area contributed by atoms with Gasteiger partial charge in [0, 0.05) is 12.6 Å². The van der Waals surface area contributed by atoms with Gasteiger partial charge < -0.3 is 20.1 Å². The van der Waals surface area contributed by atoms with E-state index in [2.05, 4.69) is 31.2 Å². The molecule has 2 atom stereocenters. The van der Waals surface area contributed by atoms with Crippen LogP contribution < -0.4 is 10.1 Å². The molecule has 114 valence electrons. The quantitative estimate of drug-likeness (QED) is 0.722. The average molecular weight is 280 g/mol. The summed E-state index contributed by atoms with van der Waals surface area (Å²) in [6.45, 7) is 6.09. The summed E-state index contributed by atoms with van der Waals surface area (Å²) in [4.78, 5) is 2.16. The highest BCUT2D eigenvalue weighted by atomic mass is 16.5. The second-order valence-corrected chi connectivity index (χ2v) is 5.68. The van der Waals surface area contributed by atoms with Gasteiger partial charge in [-0.3, -0.25) is 0 Å². The van der Waals surface area contributed by atoms with Crippen LogP contribution in [0.25, 0.3) is 0 Å². The lowest BCUT2D eigenvalue weighted by atomic mass is 10.2. The van der Waals surface area contributed by atoms with Crippen LogP contribution in [0.4, 0.5) is 0 Å². The molecule has 0 spiro atoms. The molecule has 2 unspecified atom stereocenters. The molecule has 4 heteroatoms. The topological polar surface area (TPSA) is 44.7 Å². The van der Waals surface area contributed by atoms with Crippen molar-refractivity contribution in [1.29, 1.82) is 0 Å². The molecule has 0 heterocycles. The van der Waals surface area contributed by atoms with Crippen LogP contribution in [0, 0.1) is 6.92 Å². The Bertz CT molecular complexity index is 365. The number of benzene rings is 1. The number of aliphatic hydroxyl groups is 1. The van der Waals surface area contributed by atoms with Gasteiger partial charge in [-0.25, -0.2) is 0 Å². The minimum Gasteiger partial charge on any atom is -0.491 e. The van der Waals surface area contributed by atoms with Gasteiger partial charge in [0.15, 0.2) is 0 Å². The van der Waals surface area contributed by atoms with Gasteiger partial charge in [0.2, 0.25) is 0 Å². The van der Waals surface area contributed by atoms with Gasteiger partial charge in [0.1, 0.15) is 18.5 Å². The highest BCUT2D eigenvalue weighted by Gasteiger charge is 2.08. The van der Waals surface area contributed by atoms with Crippen LogP contribution in [0.5, 0.6) is 5.75 Å². The molecule has 0 saturated heterocycles. The summed E-state index contributed by atoms with van der Waals surface area (Å²) in [6, 6.07) is 8.25. The summed E-state index contributed by atoms with van der Waals surface area (Å²) in [5, 5.41) is 13.2. The minimum absolute atomic E-state index is 0.316. The summed E-state index contributed by atoms with van der Waals surface area (Å²) < 4.78 is 5.56. The normalized spacial score (nSPS) is 14.3. The van der Waals surface area contributed by atoms with Gasteiger partial charge in [-0.1, -0.05) is 17.7 Å². The summed E-state index contributed by atoms with van der Waals surface area (Å²) >= 11 is 0. The first-order valence-electron chi connectivity index (χ1n) is 7.23. The predicted molar refractivity (Wildman–Crippen MR) is 83.3 cm³/mol. The maximum atomic E-state index is 9.89. The largest absolute Gasteiger partial charge is 0.491 e. The number of hydrogen-bond acceptors (Lipinski definition) is 4. The molecule has 0 amide bonds. The van der Waals surface area contributed by atoms with E-state index in [0.717, 1.165) is 18.7 Å². The zero-order valence-electron chi connectivity index (χ0n) is 13.1. The van der Waals surface area contributed by atoms with Crippen molar-refractivity contribution in [1.82, 2.24) is 10.2 Å². The lowest BCUT2D eigenvalue weighted by molar-refractivity contribution is 0.103. The second kappa shape index (κ2) is 8.95. The predicted octanol–water partition coefficient (Wildman–Crippen LogP) is 1.66. The van der Waals surface area contributed by atoms with Crippen LogP contribution in [-0.4, -0.2) is 55.9 Å². The molecule has 4 nitrogen and oxygen atoms in total. The molecule has 0 aliphatic heterocycles. The smallest absolute Gasteiger partial charge is 0.119 e. The van der Waals surface area contributed by atoms with Gasteiger partial charge in [0.05, 0.1) is 0 Å². The summed E-state index contributed by atoms with van der Waals surface area (Å²) in [7, 11) is 4.13. The van der Waals surface area contributed by atoms with Crippen molar-refractivity contribution in [2.24, 2.45) is 0 Å². The van der Waals surface area contributed by atoms with Crippen molar-refractivity contribution in [3.05, 3.63) is 29.8 Å². The van der Waals surface area contributed by atoms with E-state index in [1.54, 1.807) is 0 Å². The SMILES string of the molecule is Cc1ccc(OCC(O)CNC(C)CCN(C)C)cc1. The molecule has 0 aromatic heterocycles. The molecular formula is C16H28N2O2. The Morgan fingerprint density at radius 1 is 1.25 bits per heavy atom. The standard InChI is InChI=1S/C16H28N2O2/c1-13-5-7-16(8-6-13)20-12-15(19)11-17-14(2)9-10-18(3)4/h5-8,14-15,17,19H,9-12H2,1-4H3. The maximum absolute atomic E-state index is 9.89. The van der Waals surface area contributed by atoms with E-state index in [1.807, 2.05) is 31.2 Å². The van der Waals surface area contributed by atoms with Crippen molar-refractivity contribution in [2.75, 3.05) is 33.8 Å². The number of nitrogens with zero attached hydrogens (tertiary/aromatic N) is 1. The Balaban J connectivity index is 2.16. The van der Waals surface area contributed by atoms with Crippen LogP contribution in [-0.2, 0) is 0 Å². The first-order valence-corrected chi connectivity index (χ1v) is 7.23. The van der Waals surface area contributed by atoms with E-state index in [-0.39, 0.29) is 0 Å². The van der Waals surface area contributed by atoms with Crippen LogP contribution in [0.2, 0.25) is 0 Å². The number of ether oxygens (including phenoxy) is 1. The Hall–Kier alpha value is -1.10. The third-order valence-corrected chi connectivity index (χ3v) is 3.17. The highest BCUT2D eigenvalue weighted by Crippen LogP contribution is 2.11. The van der Waals surface area contributed by atoms with Gasteiger partial charge >= 0.3 is 0 Å². The fourth-order valence-electron chi connectivity index (χ4n) is 1.78. The molecule has 1 aromatic rings. The van der Waals surface area contributed by atoms with Crippen molar-refractivity contribution in [2.45, 2.75) is 32.4 Å². The molecule has 1 aromatic carbocycles. The fraction of sp³-hybridized carbons (Fsp3) is 0.625. The van der Waals surface area contributed by atoms with Crippen molar-refractivity contribution in [3.8, 4) is 5.75 Å². The summed E-state index contributed by atoms with van der Waals surface area (Å²) in [5.74, 6) is 0.801. The van der Waals surface area contributed by atoms with Crippen LogP contribution in [0.3, 0.4) is 0 Å². The Labute approximate surface area is 122 Å². The van der Waals surface area contributed by atoms with Crippen LogP contribution in [0.1, 0.15) is 18.9 Å². The molecule has 1 rings (SSSR count).